The molecule has 4 heteroatoms. The van der Waals surface area contributed by atoms with E-state index in [2.05, 4.69) is 27.6 Å². The van der Waals surface area contributed by atoms with Crippen molar-refractivity contribution in [1.29, 1.82) is 0 Å². The molecule has 1 fully saturated rings. The van der Waals surface area contributed by atoms with E-state index in [1.807, 2.05) is 0 Å². The van der Waals surface area contributed by atoms with Gasteiger partial charge in [0.2, 0.25) is 0 Å². The Morgan fingerprint density at radius 1 is 1.37 bits per heavy atom. The lowest BCUT2D eigenvalue weighted by atomic mass is 9.94. The standard InChI is InChI=1S/C15H26N4/c1-2-18-7-3-4-12(10-18)8-15-17-9-14-6-5-13(16)11-19(14)15/h9,12-13H,2-8,10-11,16H2,1H3. The van der Waals surface area contributed by atoms with Crippen LogP contribution in [0.3, 0.4) is 0 Å². The second-order valence-corrected chi connectivity index (χ2v) is 6.18. The molecule has 1 saturated heterocycles. The lowest BCUT2D eigenvalue weighted by Crippen LogP contribution is -2.37. The van der Waals surface area contributed by atoms with Crippen molar-refractivity contribution in [2.75, 3.05) is 19.6 Å². The van der Waals surface area contributed by atoms with Crippen LogP contribution in [0.4, 0.5) is 0 Å². The SMILES string of the molecule is CCN1CCCC(Cc2ncc3n2CC(N)CC3)C1. The molecule has 3 heterocycles. The summed E-state index contributed by atoms with van der Waals surface area (Å²) >= 11 is 0. The summed E-state index contributed by atoms with van der Waals surface area (Å²) in [4.78, 5) is 7.24. The summed E-state index contributed by atoms with van der Waals surface area (Å²) in [6, 6.07) is 0.318. The Hall–Kier alpha value is -0.870. The van der Waals surface area contributed by atoms with Crippen LogP contribution in [0.5, 0.6) is 0 Å². The van der Waals surface area contributed by atoms with Crippen molar-refractivity contribution in [2.24, 2.45) is 11.7 Å². The summed E-state index contributed by atoms with van der Waals surface area (Å²) in [6.45, 7) is 6.93. The van der Waals surface area contributed by atoms with Crippen LogP contribution in [-0.2, 0) is 19.4 Å². The first-order valence-corrected chi connectivity index (χ1v) is 7.77. The largest absolute Gasteiger partial charge is 0.330 e. The van der Waals surface area contributed by atoms with Gasteiger partial charge in [-0.15, -0.1) is 0 Å². The molecule has 0 bridgehead atoms. The van der Waals surface area contributed by atoms with Crippen LogP contribution in [-0.4, -0.2) is 40.1 Å². The number of piperidine rings is 1. The van der Waals surface area contributed by atoms with Gasteiger partial charge in [0, 0.05) is 37.4 Å². The van der Waals surface area contributed by atoms with Crippen LogP contribution < -0.4 is 5.73 Å². The fourth-order valence-electron chi connectivity index (χ4n) is 3.56. The normalized spacial score (nSPS) is 28.3. The maximum absolute atomic E-state index is 6.10. The second kappa shape index (κ2) is 5.63. The summed E-state index contributed by atoms with van der Waals surface area (Å²) in [5.74, 6) is 2.05. The average Bonchev–Trinajstić information content (AvgIpc) is 2.81. The maximum Gasteiger partial charge on any atom is 0.109 e. The quantitative estimate of drug-likeness (QED) is 0.896. The molecule has 3 rings (SSSR count). The highest BCUT2D eigenvalue weighted by Crippen LogP contribution is 2.23. The number of hydrogen-bond donors (Lipinski definition) is 1. The Labute approximate surface area is 116 Å². The van der Waals surface area contributed by atoms with E-state index in [1.165, 1.54) is 44.0 Å². The van der Waals surface area contributed by atoms with Crippen LogP contribution in [0.2, 0.25) is 0 Å². The van der Waals surface area contributed by atoms with E-state index in [4.69, 9.17) is 5.73 Å². The molecule has 0 radical (unpaired) electrons. The molecule has 2 atom stereocenters. The molecule has 0 saturated carbocycles. The molecule has 2 N–H and O–H groups in total. The number of rotatable bonds is 3. The molecule has 1 aromatic rings. The van der Waals surface area contributed by atoms with E-state index in [9.17, 15) is 0 Å². The lowest BCUT2D eigenvalue weighted by Gasteiger charge is -2.32. The first-order valence-electron chi connectivity index (χ1n) is 7.77. The highest BCUT2D eigenvalue weighted by atomic mass is 15.1. The molecule has 0 aromatic carbocycles. The first kappa shape index (κ1) is 13.1. The number of fused-ring (bicyclic) bond motifs is 1. The zero-order chi connectivity index (χ0) is 13.2. The van der Waals surface area contributed by atoms with Crippen LogP contribution in [0.15, 0.2) is 6.20 Å². The number of aryl methyl sites for hydroxylation is 1. The fraction of sp³-hybridized carbons (Fsp3) is 0.800. The molecule has 2 aliphatic heterocycles. The Morgan fingerprint density at radius 3 is 3.11 bits per heavy atom. The minimum absolute atomic E-state index is 0.318. The van der Waals surface area contributed by atoms with Crippen molar-refractivity contribution in [3.05, 3.63) is 17.7 Å². The van der Waals surface area contributed by atoms with E-state index < -0.39 is 0 Å². The van der Waals surface area contributed by atoms with Crippen molar-refractivity contribution >= 4 is 0 Å². The number of likely N-dealkylation sites (tertiary alicyclic amines) is 1. The average molecular weight is 262 g/mol. The topological polar surface area (TPSA) is 47.1 Å². The number of nitrogens with zero attached hydrogens (tertiary/aromatic N) is 3. The molecule has 0 amide bonds. The van der Waals surface area contributed by atoms with E-state index in [0.717, 1.165) is 31.7 Å². The van der Waals surface area contributed by atoms with Gasteiger partial charge in [-0.05, 0) is 44.7 Å². The molecular formula is C15H26N4. The highest BCUT2D eigenvalue weighted by molar-refractivity contribution is 5.10. The smallest absolute Gasteiger partial charge is 0.109 e. The molecular weight excluding hydrogens is 236 g/mol. The number of imidazole rings is 1. The van der Waals surface area contributed by atoms with Crippen LogP contribution in [0, 0.1) is 5.92 Å². The van der Waals surface area contributed by atoms with Gasteiger partial charge in [0.05, 0.1) is 0 Å². The van der Waals surface area contributed by atoms with Crippen molar-refractivity contribution in [3.63, 3.8) is 0 Å². The second-order valence-electron chi connectivity index (χ2n) is 6.18. The molecule has 106 valence electrons. The predicted molar refractivity (Wildman–Crippen MR) is 77.1 cm³/mol. The van der Waals surface area contributed by atoms with Crippen LogP contribution in [0.25, 0.3) is 0 Å². The van der Waals surface area contributed by atoms with Gasteiger partial charge >= 0.3 is 0 Å². The van der Waals surface area contributed by atoms with Gasteiger partial charge in [-0.2, -0.15) is 0 Å². The summed E-state index contributed by atoms with van der Waals surface area (Å²) in [7, 11) is 0. The fourth-order valence-corrected chi connectivity index (χ4v) is 3.56. The molecule has 4 nitrogen and oxygen atoms in total. The molecule has 1 aromatic heterocycles. The van der Waals surface area contributed by atoms with Gasteiger partial charge < -0.3 is 15.2 Å². The Morgan fingerprint density at radius 2 is 2.26 bits per heavy atom. The highest BCUT2D eigenvalue weighted by Gasteiger charge is 2.23. The first-order chi connectivity index (χ1) is 9.26. The van der Waals surface area contributed by atoms with Gasteiger partial charge in [-0.3, -0.25) is 0 Å². The Balaban J connectivity index is 1.68. The van der Waals surface area contributed by atoms with Gasteiger partial charge in [-0.1, -0.05) is 6.92 Å². The van der Waals surface area contributed by atoms with E-state index in [0.29, 0.717) is 6.04 Å². The molecule has 0 spiro atoms. The minimum Gasteiger partial charge on any atom is -0.330 e. The Kier molecular flexibility index (Phi) is 3.89. The third-order valence-corrected chi connectivity index (χ3v) is 4.73. The van der Waals surface area contributed by atoms with Crippen molar-refractivity contribution < 1.29 is 0 Å². The maximum atomic E-state index is 6.10. The zero-order valence-corrected chi connectivity index (χ0v) is 12.0. The van der Waals surface area contributed by atoms with Crippen LogP contribution in [0.1, 0.15) is 37.7 Å². The third kappa shape index (κ3) is 2.84. The summed E-state index contributed by atoms with van der Waals surface area (Å²) in [5, 5.41) is 0. The monoisotopic (exact) mass is 262 g/mol. The molecule has 0 aliphatic carbocycles. The van der Waals surface area contributed by atoms with Crippen molar-refractivity contribution in [3.8, 4) is 0 Å². The van der Waals surface area contributed by atoms with Gasteiger partial charge in [0.1, 0.15) is 5.82 Å². The summed E-state index contributed by atoms with van der Waals surface area (Å²) in [5.41, 5.74) is 7.49. The summed E-state index contributed by atoms with van der Waals surface area (Å²) in [6.07, 6.45) is 8.10. The van der Waals surface area contributed by atoms with Gasteiger partial charge in [0.15, 0.2) is 0 Å². The number of nitrogens with two attached hydrogens (primary N) is 1. The van der Waals surface area contributed by atoms with Crippen molar-refractivity contribution in [1.82, 2.24) is 14.5 Å². The van der Waals surface area contributed by atoms with E-state index >= 15 is 0 Å². The summed E-state index contributed by atoms with van der Waals surface area (Å²) < 4.78 is 2.39. The van der Waals surface area contributed by atoms with E-state index in [-0.39, 0.29) is 0 Å². The molecule has 2 unspecified atom stereocenters. The molecule has 2 aliphatic rings. The van der Waals surface area contributed by atoms with Crippen LogP contribution >= 0.6 is 0 Å². The number of hydrogen-bond acceptors (Lipinski definition) is 3. The number of aromatic nitrogens is 2. The van der Waals surface area contributed by atoms with Gasteiger partial charge in [0.25, 0.3) is 0 Å². The minimum atomic E-state index is 0.318. The molecule has 19 heavy (non-hydrogen) atoms. The zero-order valence-electron chi connectivity index (χ0n) is 12.0. The van der Waals surface area contributed by atoms with Crippen molar-refractivity contribution in [2.45, 2.75) is 51.6 Å². The third-order valence-electron chi connectivity index (χ3n) is 4.73. The Bertz CT molecular complexity index is 426. The van der Waals surface area contributed by atoms with Gasteiger partial charge in [-0.25, -0.2) is 4.98 Å². The lowest BCUT2D eigenvalue weighted by molar-refractivity contribution is 0.179. The van der Waals surface area contributed by atoms with E-state index in [1.54, 1.807) is 0 Å². The predicted octanol–water partition coefficient (Wildman–Crippen LogP) is 1.43.